The van der Waals surface area contributed by atoms with E-state index in [9.17, 15) is 4.79 Å². The summed E-state index contributed by atoms with van der Waals surface area (Å²) < 4.78 is 7.09. The molecule has 0 aromatic heterocycles. The van der Waals surface area contributed by atoms with Crippen molar-refractivity contribution in [2.45, 2.75) is 13.3 Å². The Bertz CT molecular complexity index is 742. The number of aryl methyl sites for hydroxylation is 1. The first-order chi connectivity index (χ1) is 11.0. The topological polar surface area (TPSA) is 38.3 Å². The molecule has 0 saturated carbocycles. The van der Waals surface area contributed by atoms with Crippen LogP contribution >= 0.6 is 31.9 Å². The number of benzene rings is 2. The molecule has 0 radical (unpaired) electrons. The van der Waals surface area contributed by atoms with Crippen molar-refractivity contribution in [3.63, 3.8) is 0 Å². The Morgan fingerprint density at radius 1 is 1.22 bits per heavy atom. The highest BCUT2D eigenvalue weighted by molar-refractivity contribution is 9.10. The average molecular weight is 439 g/mol. The minimum absolute atomic E-state index is 0.197. The normalized spacial score (nSPS) is 10.8. The Morgan fingerprint density at radius 3 is 2.65 bits per heavy atom. The number of nitrogens with one attached hydrogen (secondary N) is 1. The van der Waals surface area contributed by atoms with Crippen molar-refractivity contribution in [3.8, 4) is 5.75 Å². The fourth-order valence-electron chi connectivity index (χ4n) is 2.06. The second kappa shape index (κ2) is 8.31. The maximum absolute atomic E-state index is 12.1. The van der Waals surface area contributed by atoms with Crippen LogP contribution in [0.3, 0.4) is 0 Å². The molecule has 2 aromatic rings. The van der Waals surface area contributed by atoms with E-state index < -0.39 is 0 Å². The number of anilines is 1. The van der Waals surface area contributed by atoms with E-state index in [4.69, 9.17) is 4.74 Å². The predicted octanol–water partition coefficient (Wildman–Crippen LogP) is 5.43. The smallest absolute Gasteiger partial charge is 0.248 e. The highest BCUT2D eigenvalue weighted by Crippen LogP contribution is 2.25. The summed E-state index contributed by atoms with van der Waals surface area (Å²) in [5.74, 6) is 0.516. The monoisotopic (exact) mass is 437 g/mol. The molecule has 0 saturated heterocycles. The van der Waals surface area contributed by atoms with Crippen LogP contribution in [-0.2, 0) is 11.2 Å². The van der Waals surface area contributed by atoms with Gasteiger partial charge in [0.15, 0.2) is 0 Å². The Hall–Kier alpha value is -1.59. The van der Waals surface area contributed by atoms with Gasteiger partial charge in [-0.25, -0.2) is 0 Å². The molecule has 1 N–H and O–H groups in total. The van der Waals surface area contributed by atoms with Crippen LogP contribution in [0.4, 0.5) is 5.69 Å². The number of rotatable bonds is 5. The minimum Gasteiger partial charge on any atom is -0.496 e. The zero-order chi connectivity index (χ0) is 16.8. The van der Waals surface area contributed by atoms with Crippen LogP contribution in [0.15, 0.2) is 51.4 Å². The summed E-state index contributed by atoms with van der Waals surface area (Å²) in [6.07, 6.45) is 4.17. The van der Waals surface area contributed by atoms with Crippen LogP contribution in [0.1, 0.15) is 18.1 Å². The first-order valence-corrected chi connectivity index (χ1v) is 8.73. The lowest BCUT2D eigenvalue weighted by molar-refractivity contribution is -0.111. The zero-order valence-corrected chi connectivity index (χ0v) is 16.1. The molecule has 120 valence electrons. The number of ether oxygens (including phenoxy) is 1. The second-order valence-electron chi connectivity index (χ2n) is 4.88. The fraction of sp³-hybridized carbons (Fsp3) is 0.167. The average Bonchev–Trinajstić information content (AvgIpc) is 2.55. The largest absolute Gasteiger partial charge is 0.496 e. The minimum atomic E-state index is -0.197. The highest BCUT2D eigenvalue weighted by atomic mass is 79.9. The third-order valence-corrected chi connectivity index (χ3v) is 4.45. The number of halogens is 2. The third-order valence-electron chi connectivity index (χ3n) is 3.31. The first kappa shape index (κ1) is 17.8. The van der Waals surface area contributed by atoms with Crippen molar-refractivity contribution >= 4 is 49.5 Å². The van der Waals surface area contributed by atoms with Gasteiger partial charge in [-0.05, 0) is 64.3 Å². The van der Waals surface area contributed by atoms with Crippen LogP contribution < -0.4 is 10.1 Å². The molecule has 0 bridgehead atoms. The van der Waals surface area contributed by atoms with E-state index in [1.54, 1.807) is 13.2 Å². The Kier molecular flexibility index (Phi) is 6.42. The van der Waals surface area contributed by atoms with Crippen molar-refractivity contribution in [1.29, 1.82) is 0 Å². The standard InChI is InChI=1S/C18H17Br2NO2/c1-3-12-4-7-16(15(20)10-12)21-18(22)9-5-13-11-14(19)6-8-17(13)23-2/h4-11H,3H2,1-2H3,(H,21,22)/b9-5+. The molecule has 0 spiro atoms. The number of amides is 1. The van der Waals surface area contributed by atoms with E-state index >= 15 is 0 Å². The quantitative estimate of drug-likeness (QED) is 0.631. The number of carbonyl (C=O) groups is 1. The summed E-state index contributed by atoms with van der Waals surface area (Å²) in [6, 6.07) is 11.5. The van der Waals surface area contributed by atoms with Crippen LogP contribution in [0.2, 0.25) is 0 Å². The fourth-order valence-corrected chi connectivity index (χ4v) is 2.96. The number of methoxy groups -OCH3 is 1. The molecule has 2 rings (SSSR count). The van der Waals surface area contributed by atoms with Gasteiger partial charge in [-0.1, -0.05) is 28.9 Å². The summed E-state index contributed by atoms with van der Waals surface area (Å²) in [5.41, 5.74) is 2.79. The predicted molar refractivity (Wildman–Crippen MR) is 102 cm³/mol. The van der Waals surface area contributed by atoms with Gasteiger partial charge in [-0.15, -0.1) is 0 Å². The second-order valence-corrected chi connectivity index (χ2v) is 6.65. The lowest BCUT2D eigenvalue weighted by atomic mass is 10.1. The summed E-state index contributed by atoms with van der Waals surface area (Å²) in [6.45, 7) is 2.09. The van der Waals surface area contributed by atoms with Crippen molar-refractivity contribution in [2.24, 2.45) is 0 Å². The Labute approximate surface area is 153 Å². The number of hydrogen-bond acceptors (Lipinski definition) is 2. The molecule has 0 atom stereocenters. The summed E-state index contributed by atoms with van der Waals surface area (Å²) in [7, 11) is 1.60. The van der Waals surface area contributed by atoms with E-state index in [1.165, 1.54) is 11.6 Å². The molecular formula is C18H17Br2NO2. The molecule has 2 aromatic carbocycles. The molecule has 0 aliphatic rings. The van der Waals surface area contributed by atoms with Gasteiger partial charge in [0.2, 0.25) is 5.91 Å². The lowest BCUT2D eigenvalue weighted by Crippen LogP contribution is -2.08. The summed E-state index contributed by atoms with van der Waals surface area (Å²) >= 11 is 6.89. The van der Waals surface area contributed by atoms with Gasteiger partial charge < -0.3 is 10.1 Å². The van der Waals surface area contributed by atoms with Gasteiger partial charge in [0, 0.05) is 20.6 Å². The molecule has 0 heterocycles. The van der Waals surface area contributed by atoms with Crippen molar-refractivity contribution in [2.75, 3.05) is 12.4 Å². The van der Waals surface area contributed by atoms with Gasteiger partial charge in [-0.3, -0.25) is 4.79 Å². The maximum atomic E-state index is 12.1. The molecule has 1 amide bonds. The Balaban J connectivity index is 2.12. The van der Waals surface area contributed by atoms with Crippen molar-refractivity contribution < 1.29 is 9.53 Å². The van der Waals surface area contributed by atoms with Crippen LogP contribution in [-0.4, -0.2) is 13.0 Å². The number of hydrogen-bond donors (Lipinski definition) is 1. The molecule has 0 aliphatic heterocycles. The molecule has 0 fully saturated rings. The molecule has 0 unspecified atom stereocenters. The highest BCUT2D eigenvalue weighted by Gasteiger charge is 2.05. The van der Waals surface area contributed by atoms with E-state index in [0.717, 1.165) is 26.6 Å². The molecule has 3 nitrogen and oxygen atoms in total. The van der Waals surface area contributed by atoms with Crippen molar-refractivity contribution in [1.82, 2.24) is 0 Å². The lowest BCUT2D eigenvalue weighted by Gasteiger charge is -2.07. The van der Waals surface area contributed by atoms with Crippen LogP contribution in [0.25, 0.3) is 6.08 Å². The molecule has 5 heteroatoms. The van der Waals surface area contributed by atoms with Gasteiger partial charge >= 0.3 is 0 Å². The zero-order valence-electron chi connectivity index (χ0n) is 12.9. The van der Waals surface area contributed by atoms with Crippen LogP contribution in [0, 0.1) is 0 Å². The van der Waals surface area contributed by atoms with Gasteiger partial charge in [-0.2, -0.15) is 0 Å². The molecule has 23 heavy (non-hydrogen) atoms. The van der Waals surface area contributed by atoms with E-state index in [0.29, 0.717) is 5.75 Å². The molecule has 0 aliphatic carbocycles. The summed E-state index contributed by atoms with van der Waals surface area (Å²) in [5, 5.41) is 2.86. The van der Waals surface area contributed by atoms with Gasteiger partial charge in [0.05, 0.1) is 12.8 Å². The van der Waals surface area contributed by atoms with Gasteiger partial charge in [0.25, 0.3) is 0 Å². The van der Waals surface area contributed by atoms with Gasteiger partial charge in [0.1, 0.15) is 5.75 Å². The van der Waals surface area contributed by atoms with E-state index in [2.05, 4.69) is 44.1 Å². The first-order valence-electron chi connectivity index (χ1n) is 7.14. The number of carbonyl (C=O) groups excluding carboxylic acids is 1. The summed E-state index contributed by atoms with van der Waals surface area (Å²) in [4.78, 5) is 12.1. The Morgan fingerprint density at radius 2 is 2.00 bits per heavy atom. The molecular weight excluding hydrogens is 422 g/mol. The van der Waals surface area contributed by atoms with Crippen molar-refractivity contribution in [3.05, 3.63) is 62.5 Å². The third kappa shape index (κ3) is 4.94. The van der Waals surface area contributed by atoms with E-state index in [-0.39, 0.29) is 5.91 Å². The SMILES string of the molecule is CCc1ccc(NC(=O)/C=C/c2cc(Br)ccc2OC)c(Br)c1. The van der Waals surface area contributed by atoms with E-state index in [1.807, 2.05) is 36.4 Å². The maximum Gasteiger partial charge on any atom is 0.248 e. The van der Waals surface area contributed by atoms with Crippen LogP contribution in [0.5, 0.6) is 5.75 Å².